The summed E-state index contributed by atoms with van der Waals surface area (Å²) in [5, 5.41) is 4.22. The van der Waals surface area contributed by atoms with E-state index in [4.69, 9.17) is 4.74 Å². The molecule has 0 saturated heterocycles. The molecule has 0 aliphatic carbocycles. The number of nitrogens with one attached hydrogen (secondary N) is 1. The van der Waals surface area contributed by atoms with E-state index in [2.05, 4.69) is 14.7 Å². The molecule has 3 aromatic carbocycles. The zero-order chi connectivity index (χ0) is 30.1. The molecule has 0 aliphatic heterocycles. The van der Waals surface area contributed by atoms with E-state index < -0.39 is 29.3 Å². The van der Waals surface area contributed by atoms with Crippen LogP contribution in [0.4, 0.5) is 0 Å². The second-order valence-electron chi connectivity index (χ2n) is 9.85. The van der Waals surface area contributed by atoms with Gasteiger partial charge in [-0.1, -0.05) is 72.7 Å². The van der Waals surface area contributed by atoms with Gasteiger partial charge in [-0.3, -0.25) is 28.2 Å². The van der Waals surface area contributed by atoms with E-state index in [9.17, 15) is 19.2 Å². The summed E-state index contributed by atoms with van der Waals surface area (Å²) in [6.07, 6.45) is 0.706. The van der Waals surface area contributed by atoms with Gasteiger partial charge in [0.15, 0.2) is 11.6 Å². The first-order chi connectivity index (χ1) is 20.9. The van der Waals surface area contributed by atoms with Crippen molar-refractivity contribution in [3.8, 4) is 28.3 Å². The Morgan fingerprint density at radius 2 is 1.66 bits per heavy atom. The van der Waals surface area contributed by atoms with Gasteiger partial charge in [-0.05, 0) is 41.3 Å². The Morgan fingerprint density at radius 1 is 0.955 bits per heavy atom. The number of para-hydroxylation sites is 1. The van der Waals surface area contributed by atoms with Gasteiger partial charge in [0.1, 0.15) is 10.6 Å². The van der Waals surface area contributed by atoms with Gasteiger partial charge >= 0.3 is 62.8 Å². The molecule has 0 amide bonds. The number of hydrogen-bond acceptors (Lipinski definition) is 8. The fourth-order valence-corrected chi connectivity index (χ4v) is 6.14. The summed E-state index contributed by atoms with van der Waals surface area (Å²) < 4.78 is 12.6. The molecule has 10 nitrogen and oxygen atoms in total. The Bertz CT molecular complexity index is 2160. The second-order valence-corrected chi connectivity index (χ2v) is 11.0. The van der Waals surface area contributed by atoms with Crippen molar-refractivity contribution in [2.24, 2.45) is 0 Å². The normalized spacial score (nSPS) is 11.0. The van der Waals surface area contributed by atoms with Gasteiger partial charge in [0, 0.05) is 10.4 Å². The predicted octanol–water partition coefficient (Wildman–Crippen LogP) is 4.09. The minimum atomic E-state index is -0.636. The van der Waals surface area contributed by atoms with E-state index in [0.717, 1.165) is 26.1 Å². The zero-order valence-corrected chi connectivity index (χ0v) is 24.1. The van der Waals surface area contributed by atoms with Crippen molar-refractivity contribution in [1.29, 1.82) is 0 Å². The SMILES string of the molecule is CCc1cc2c(=O)n(CC(=O)c3ccccc3OC)c(=O)n(Cc3ccc(-c4ccccc4-c4noc(=O)[nH]4)cc3)c2s1.[KH]. The van der Waals surface area contributed by atoms with E-state index in [1.807, 2.05) is 55.5 Å². The van der Waals surface area contributed by atoms with Crippen molar-refractivity contribution in [1.82, 2.24) is 19.3 Å². The van der Waals surface area contributed by atoms with E-state index in [-0.39, 0.29) is 57.9 Å². The molecule has 6 rings (SSSR count). The van der Waals surface area contributed by atoms with Crippen molar-refractivity contribution >= 4 is 78.7 Å². The van der Waals surface area contributed by atoms with Crippen LogP contribution in [0.3, 0.4) is 0 Å². The minimum absolute atomic E-state index is 0. The number of aryl methyl sites for hydroxylation is 1. The number of aromatic amines is 1. The van der Waals surface area contributed by atoms with Crippen molar-refractivity contribution in [2.75, 3.05) is 7.11 Å². The van der Waals surface area contributed by atoms with Crippen LogP contribution in [-0.4, -0.2) is 83.6 Å². The number of carbonyl (C=O) groups excluding carboxylic acids is 1. The maximum atomic E-state index is 13.8. The first-order valence-corrected chi connectivity index (χ1v) is 14.4. The van der Waals surface area contributed by atoms with Crippen LogP contribution < -0.4 is 21.7 Å². The van der Waals surface area contributed by atoms with Crippen LogP contribution >= 0.6 is 11.3 Å². The van der Waals surface area contributed by atoms with Crippen molar-refractivity contribution < 1.29 is 14.1 Å². The molecule has 6 aromatic rings. The quantitative estimate of drug-likeness (QED) is 0.187. The summed E-state index contributed by atoms with van der Waals surface area (Å²) >= 11 is 1.40. The van der Waals surface area contributed by atoms with Gasteiger partial charge in [-0.2, -0.15) is 0 Å². The van der Waals surface area contributed by atoms with Gasteiger partial charge < -0.3 is 4.74 Å². The molecule has 0 unspecified atom stereocenters. The summed E-state index contributed by atoms with van der Waals surface area (Å²) in [7, 11) is 1.47. The molecule has 0 spiro atoms. The molecule has 0 radical (unpaired) electrons. The van der Waals surface area contributed by atoms with E-state index in [1.165, 1.54) is 18.4 Å². The van der Waals surface area contributed by atoms with Gasteiger partial charge in [-0.25, -0.2) is 9.59 Å². The molecule has 0 atom stereocenters. The Balaban J connectivity index is 0.00000384. The molecule has 0 saturated carbocycles. The molecule has 3 aromatic heterocycles. The molecular weight excluding hydrogens is 608 g/mol. The van der Waals surface area contributed by atoms with Gasteiger partial charge in [-0.15, -0.1) is 11.3 Å². The Hall–Kier alpha value is -3.65. The third kappa shape index (κ3) is 6.14. The molecule has 12 heteroatoms. The predicted molar refractivity (Wildman–Crippen MR) is 171 cm³/mol. The number of benzene rings is 3. The van der Waals surface area contributed by atoms with E-state index >= 15 is 0 Å². The number of hydrogen-bond donors (Lipinski definition) is 1. The topological polar surface area (TPSA) is 129 Å². The molecule has 218 valence electrons. The number of rotatable bonds is 9. The number of H-pyrrole nitrogens is 1. The molecular formula is C32H27KN4O6S. The average molecular weight is 635 g/mol. The Labute approximate surface area is 297 Å². The molecule has 0 bridgehead atoms. The standard InChI is InChI=1S/C32H26N4O6S.K.H/c1-3-21-16-25-29(38)35(18-26(37)24-10-6-7-11-27(24)41-2)32(40)36(30(25)43-21)17-19-12-14-20(15-13-19)22-8-4-5-9-23(22)28-33-31(39)42-34-28;;/h4-16H,3,17-18H2,1-2H3,(H,33,34,39);;. The summed E-state index contributed by atoms with van der Waals surface area (Å²) in [5.74, 6) is -0.331. The van der Waals surface area contributed by atoms with Crippen LogP contribution in [0.2, 0.25) is 0 Å². The third-order valence-corrected chi connectivity index (χ3v) is 8.53. The van der Waals surface area contributed by atoms with Crippen molar-refractivity contribution in [3.63, 3.8) is 0 Å². The number of methoxy groups -OCH3 is 1. The number of ketones is 1. The van der Waals surface area contributed by atoms with Crippen molar-refractivity contribution in [2.45, 2.75) is 26.4 Å². The number of Topliss-reactive ketones (excluding diaryl/α,β-unsaturated/α-hetero) is 1. The summed E-state index contributed by atoms with van der Waals surface area (Å²) in [5.41, 5.74) is 2.49. The fourth-order valence-electron chi connectivity index (χ4n) is 5.07. The second kappa shape index (κ2) is 13.5. The summed E-state index contributed by atoms with van der Waals surface area (Å²) in [6, 6.07) is 23.7. The first-order valence-electron chi connectivity index (χ1n) is 13.5. The monoisotopic (exact) mass is 634 g/mol. The summed E-state index contributed by atoms with van der Waals surface area (Å²) in [4.78, 5) is 56.2. The first kappa shape index (κ1) is 31.8. The number of carbonyl (C=O) groups is 1. The maximum absolute atomic E-state index is 13.8. The number of thiophene rings is 1. The van der Waals surface area contributed by atoms with Crippen molar-refractivity contribution in [3.05, 3.63) is 126 Å². The fraction of sp³-hybridized carbons (Fsp3) is 0.156. The Kier molecular flexibility index (Phi) is 9.78. The van der Waals surface area contributed by atoms with Gasteiger partial charge in [0.25, 0.3) is 5.56 Å². The van der Waals surface area contributed by atoms with Gasteiger partial charge in [0.2, 0.25) is 0 Å². The number of aromatic nitrogens is 4. The van der Waals surface area contributed by atoms with Crippen LogP contribution in [0.25, 0.3) is 32.7 Å². The molecule has 3 heterocycles. The number of nitrogens with zero attached hydrogens (tertiary/aromatic N) is 3. The number of ether oxygens (including phenoxy) is 1. The Morgan fingerprint density at radius 3 is 2.34 bits per heavy atom. The molecule has 0 aliphatic rings. The molecule has 0 fully saturated rings. The van der Waals surface area contributed by atoms with Gasteiger partial charge in [0.05, 0.1) is 31.1 Å². The summed E-state index contributed by atoms with van der Waals surface area (Å²) in [6.45, 7) is 1.77. The average Bonchev–Trinajstić information content (AvgIpc) is 3.68. The molecule has 1 N–H and O–H groups in total. The van der Waals surface area contributed by atoms with Crippen LogP contribution in [0, 0.1) is 0 Å². The van der Waals surface area contributed by atoms with E-state index in [0.29, 0.717) is 39.3 Å². The number of fused-ring (bicyclic) bond motifs is 1. The van der Waals surface area contributed by atoms with Crippen LogP contribution in [0.5, 0.6) is 5.75 Å². The zero-order valence-electron chi connectivity index (χ0n) is 23.3. The molecule has 44 heavy (non-hydrogen) atoms. The van der Waals surface area contributed by atoms with Crippen LogP contribution in [0.1, 0.15) is 27.7 Å². The van der Waals surface area contributed by atoms with Crippen LogP contribution in [0.15, 0.2) is 97.8 Å². The van der Waals surface area contributed by atoms with E-state index in [1.54, 1.807) is 34.9 Å². The third-order valence-electron chi connectivity index (χ3n) is 7.23. The van der Waals surface area contributed by atoms with Crippen LogP contribution in [-0.2, 0) is 19.5 Å².